The molecule has 0 aromatic heterocycles. The summed E-state index contributed by atoms with van der Waals surface area (Å²) in [5.74, 6) is -2.25. The minimum Gasteiger partial charge on any atom is -0.479 e. The number of aliphatic hydroxyl groups excluding tert-OH is 1. The minimum absolute atomic E-state index is 0.752. The molecule has 1 atom stereocenters. The van der Waals surface area contributed by atoms with Crippen LogP contribution < -0.4 is 0 Å². The average molecular weight is 118 g/mol. The average Bonchev–Trinajstić information content (AvgIpc) is 1.64. The molecule has 0 spiro atoms. The van der Waals surface area contributed by atoms with Crippen LogP contribution in [-0.2, 0) is 9.59 Å². The van der Waals surface area contributed by atoms with Crippen LogP contribution >= 0.6 is 0 Å². The summed E-state index contributed by atoms with van der Waals surface area (Å²) in [4.78, 5) is 19.6. The fraction of sp³-hybridized carbons (Fsp3) is 0.500. The highest BCUT2D eigenvalue weighted by Crippen LogP contribution is 1.82. The van der Waals surface area contributed by atoms with Gasteiger partial charge in [0.25, 0.3) is 0 Å². The molecule has 0 heterocycles. The summed E-state index contributed by atoms with van der Waals surface area (Å²) in [6.45, 7) is 1.01. The Morgan fingerprint density at radius 2 is 1.88 bits per heavy atom. The van der Waals surface area contributed by atoms with E-state index in [0.29, 0.717) is 0 Å². The predicted molar refractivity (Wildman–Crippen MR) is 24.3 cm³/mol. The summed E-state index contributed by atoms with van der Waals surface area (Å²) >= 11 is 0. The van der Waals surface area contributed by atoms with Gasteiger partial charge in [-0.25, -0.2) is 4.79 Å². The maximum Gasteiger partial charge on any atom is 0.340 e. The number of carboxylic acids is 1. The lowest BCUT2D eigenvalue weighted by Gasteiger charge is -1.95. The van der Waals surface area contributed by atoms with Gasteiger partial charge in [0.1, 0.15) is 0 Å². The molecule has 0 amide bonds. The second kappa shape index (κ2) is 2.42. The van der Waals surface area contributed by atoms with Gasteiger partial charge in [0.15, 0.2) is 5.78 Å². The number of ketones is 1. The van der Waals surface area contributed by atoms with Crippen LogP contribution in [0.3, 0.4) is 0 Å². The highest BCUT2D eigenvalue weighted by atomic mass is 16.4. The van der Waals surface area contributed by atoms with Crippen LogP contribution in [0.5, 0.6) is 0 Å². The minimum atomic E-state index is -1.85. The molecule has 46 valence electrons. The molecule has 0 aliphatic heterocycles. The van der Waals surface area contributed by atoms with E-state index >= 15 is 0 Å². The third-order valence-corrected chi connectivity index (χ3v) is 0.619. The maximum absolute atomic E-state index is 9.95. The van der Waals surface area contributed by atoms with Crippen molar-refractivity contribution in [1.29, 1.82) is 0 Å². The largest absolute Gasteiger partial charge is 0.479 e. The Kier molecular flexibility index (Phi) is 2.15. The molecule has 0 saturated heterocycles. The highest BCUT2D eigenvalue weighted by molar-refractivity contribution is 5.99. The molecular weight excluding hydrogens is 112 g/mol. The molecule has 0 aliphatic rings. The molecular formula is C4H6O4. The Hall–Kier alpha value is -0.900. The van der Waals surface area contributed by atoms with Crippen LogP contribution in [0.25, 0.3) is 0 Å². The fourth-order valence-electron chi connectivity index (χ4n) is 0.174. The van der Waals surface area contributed by atoms with Crippen LogP contribution in [-0.4, -0.2) is 28.1 Å². The lowest BCUT2D eigenvalue weighted by Crippen LogP contribution is -2.26. The molecule has 0 bridgehead atoms. The van der Waals surface area contributed by atoms with Gasteiger partial charge in [-0.05, 0) is 6.92 Å². The molecule has 0 radical (unpaired) electrons. The topological polar surface area (TPSA) is 74.6 Å². The van der Waals surface area contributed by atoms with Gasteiger partial charge in [-0.15, -0.1) is 0 Å². The summed E-state index contributed by atoms with van der Waals surface area (Å²) in [5, 5.41) is 16.1. The predicted octanol–water partition coefficient (Wildman–Crippen LogP) is -0.979. The highest BCUT2D eigenvalue weighted by Gasteiger charge is 2.17. The summed E-state index contributed by atoms with van der Waals surface area (Å²) in [6, 6.07) is 0. The number of carboxylic acid groups (broad SMARTS) is 1. The van der Waals surface area contributed by atoms with E-state index in [9.17, 15) is 9.59 Å². The van der Waals surface area contributed by atoms with Gasteiger partial charge in [-0.2, -0.15) is 0 Å². The maximum atomic E-state index is 9.95. The van der Waals surface area contributed by atoms with Crippen LogP contribution in [0.4, 0.5) is 0 Å². The third kappa shape index (κ3) is 1.70. The van der Waals surface area contributed by atoms with Crippen molar-refractivity contribution in [2.45, 2.75) is 13.0 Å². The van der Waals surface area contributed by atoms with Crippen molar-refractivity contribution in [3.05, 3.63) is 0 Å². The number of aliphatic carboxylic acids is 1. The first kappa shape index (κ1) is 7.10. The van der Waals surface area contributed by atoms with E-state index < -0.39 is 17.9 Å². The Morgan fingerprint density at radius 1 is 1.50 bits per heavy atom. The first-order valence-electron chi connectivity index (χ1n) is 1.97. The molecule has 0 rings (SSSR count). The number of rotatable bonds is 2. The van der Waals surface area contributed by atoms with Gasteiger partial charge >= 0.3 is 5.97 Å². The number of Topliss-reactive ketones (excluding diaryl/α,β-unsaturated/α-hetero) is 1. The monoisotopic (exact) mass is 118 g/mol. The molecule has 0 aromatic carbocycles. The van der Waals surface area contributed by atoms with Crippen molar-refractivity contribution in [2.75, 3.05) is 0 Å². The lowest BCUT2D eigenvalue weighted by molar-refractivity contribution is -0.151. The Labute approximate surface area is 45.7 Å². The van der Waals surface area contributed by atoms with Crippen LogP contribution in [0.15, 0.2) is 0 Å². The molecule has 2 N–H and O–H groups in total. The van der Waals surface area contributed by atoms with Gasteiger partial charge in [0.05, 0.1) is 0 Å². The molecule has 0 saturated carbocycles. The quantitative estimate of drug-likeness (QED) is 0.457. The number of aliphatic hydroxyl groups is 1. The van der Waals surface area contributed by atoms with E-state index in [4.69, 9.17) is 10.2 Å². The van der Waals surface area contributed by atoms with E-state index in [1.165, 1.54) is 0 Å². The Morgan fingerprint density at radius 3 is 1.88 bits per heavy atom. The second-order valence-corrected chi connectivity index (χ2v) is 1.35. The second-order valence-electron chi connectivity index (χ2n) is 1.35. The molecule has 4 nitrogen and oxygen atoms in total. The standard InChI is InChI=1S/C4H6O4/c1-2(5)3(6)4(7)8/h3,6H,1H3,(H,7,8). The van der Waals surface area contributed by atoms with E-state index in [-0.39, 0.29) is 0 Å². The molecule has 0 aliphatic carbocycles. The van der Waals surface area contributed by atoms with Gasteiger partial charge in [0.2, 0.25) is 6.10 Å². The molecule has 4 heteroatoms. The van der Waals surface area contributed by atoms with Crippen molar-refractivity contribution in [1.82, 2.24) is 0 Å². The molecule has 8 heavy (non-hydrogen) atoms. The van der Waals surface area contributed by atoms with Gasteiger partial charge < -0.3 is 10.2 Å². The van der Waals surface area contributed by atoms with Crippen molar-refractivity contribution < 1.29 is 19.8 Å². The third-order valence-electron chi connectivity index (χ3n) is 0.619. The first-order chi connectivity index (χ1) is 3.55. The lowest BCUT2D eigenvalue weighted by atomic mass is 10.3. The van der Waals surface area contributed by atoms with Crippen molar-refractivity contribution >= 4 is 11.8 Å². The fourth-order valence-corrected chi connectivity index (χ4v) is 0.174. The van der Waals surface area contributed by atoms with E-state index in [2.05, 4.69) is 0 Å². The zero-order valence-corrected chi connectivity index (χ0v) is 4.29. The van der Waals surface area contributed by atoms with Crippen LogP contribution in [0, 0.1) is 0 Å². The number of hydrogen-bond acceptors (Lipinski definition) is 3. The van der Waals surface area contributed by atoms with Crippen molar-refractivity contribution in [3.63, 3.8) is 0 Å². The molecule has 0 aromatic rings. The Balaban J connectivity index is 3.83. The summed E-state index contributed by atoms with van der Waals surface area (Å²) in [7, 11) is 0. The normalized spacial score (nSPS) is 12.8. The number of carbonyl (C=O) groups is 2. The van der Waals surface area contributed by atoms with E-state index in [0.717, 1.165) is 6.92 Å². The smallest absolute Gasteiger partial charge is 0.340 e. The zero-order chi connectivity index (χ0) is 6.73. The Bertz CT molecular complexity index is 103. The summed E-state index contributed by atoms with van der Waals surface area (Å²) in [5.41, 5.74) is 0. The molecule has 0 fully saturated rings. The van der Waals surface area contributed by atoms with Crippen molar-refractivity contribution in [3.8, 4) is 0 Å². The van der Waals surface area contributed by atoms with Gasteiger partial charge in [-0.1, -0.05) is 0 Å². The van der Waals surface area contributed by atoms with Crippen molar-refractivity contribution in [2.24, 2.45) is 0 Å². The zero-order valence-electron chi connectivity index (χ0n) is 4.29. The summed E-state index contributed by atoms with van der Waals surface area (Å²) in [6.07, 6.45) is -1.85. The SMILES string of the molecule is CC(=O)C(O)C(=O)O. The van der Waals surface area contributed by atoms with E-state index in [1.54, 1.807) is 0 Å². The van der Waals surface area contributed by atoms with Gasteiger partial charge in [0, 0.05) is 0 Å². The van der Waals surface area contributed by atoms with Crippen LogP contribution in [0.1, 0.15) is 6.92 Å². The molecule has 1 unspecified atom stereocenters. The summed E-state index contributed by atoms with van der Waals surface area (Å²) < 4.78 is 0. The van der Waals surface area contributed by atoms with Gasteiger partial charge in [-0.3, -0.25) is 4.79 Å². The van der Waals surface area contributed by atoms with E-state index in [1.807, 2.05) is 0 Å². The number of carbonyl (C=O) groups excluding carboxylic acids is 1. The first-order valence-corrected chi connectivity index (χ1v) is 1.97. The number of hydrogen-bond donors (Lipinski definition) is 2. The van der Waals surface area contributed by atoms with Crippen LogP contribution in [0.2, 0.25) is 0 Å².